The van der Waals surface area contributed by atoms with Gasteiger partial charge in [0.2, 0.25) is 0 Å². The van der Waals surface area contributed by atoms with E-state index in [0.29, 0.717) is 0 Å². The molecule has 2 fully saturated rings. The number of halogens is 1. The van der Waals surface area contributed by atoms with Crippen molar-refractivity contribution in [1.29, 1.82) is 0 Å². The lowest BCUT2D eigenvalue weighted by molar-refractivity contribution is 0.00328. The van der Waals surface area contributed by atoms with Crippen LogP contribution in [0.1, 0.15) is 33.1 Å². The number of ether oxygens (including phenoxy) is 1. The molecule has 2 rings (SSSR count). The molecule has 2 nitrogen and oxygen atoms in total. The lowest BCUT2D eigenvalue weighted by Gasteiger charge is -2.32. The summed E-state index contributed by atoms with van der Waals surface area (Å²) in [5.74, 6) is 0. The number of nitrogens with zero attached hydrogens (tertiary/aromatic N) is 1. The molecule has 0 aliphatic carbocycles. The van der Waals surface area contributed by atoms with Crippen LogP contribution in [0.2, 0.25) is 0 Å². The zero-order valence-electron chi connectivity index (χ0n) is 9.63. The van der Waals surface area contributed by atoms with Gasteiger partial charge in [-0.3, -0.25) is 4.90 Å². The Morgan fingerprint density at radius 1 is 1.60 bits per heavy atom. The van der Waals surface area contributed by atoms with Crippen molar-refractivity contribution >= 4 is 0 Å². The summed E-state index contributed by atoms with van der Waals surface area (Å²) in [6.45, 7) is 6.76. The van der Waals surface area contributed by atoms with Crippen LogP contribution in [-0.2, 0) is 4.74 Å². The summed E-state index contributed by atoms with van der Waals surface area (Å²) < 4.78 is 18.3. The Kier molecular flexibility index (Phi) is 3.12. The van der Waals surface area contributed by atoms with Gasteiger partial charge >= 0.3 is 0 Å². The monoisotopic (exact) mass is 213 g/mol. The van der Waals surface area contributed by atoms with Crippen LogP contribution >= 0.6 is 0 Å². The minimum absolute atomic E-state index is 0.113. The van der Waals surface area contributed by atoms with E-state index < -0.39 is 0 Å². The van der Waals surface area contributed by atoms with Gasteiger partial charge in [0.25, 0.3) is 0 Å². The average molecular weight is 213 g/mol. The summed E-state index contributed by atoms with van der Waals surface area (Å²) in [6, 6.07) is 0. The van der Waals surface area contributed by atoms with E-state index in [2.05, 4.69) is 18.7 Å². The summed E-state index contributed by atoms with van der Waals surface area (Å²) in [5.41, 5.74) is 1.05. The molecule has 2 saturated heterocycles. The number of hydrogen-bond acceptors (Lipinski definition) is 2. The SMILES string of the molecule is CC(C)OCC12CCCN1C/C(=C\F)C2. The highest BCUT2D eigenvalue weighted by Crippen LogP contribution is 2.41. The Morgan fingerprint density at radius 3 is 3.07 bits per heavy atom. The molecule has 0 radical (unpaired) electrons. The first-order valence-electron chi connectivity index (χ1n) is 5.81. The van der Waals surface area contributed by atoms with Gasteiger partial charge in [-0.05, 0) is 45.2 Å². The van der Waals surface area contributed by atoms with E-state index in [1.54, 1.807) is 0 Å². The zero-order valence-corrected chi connectivity index (χ0v) is 9.63. The molecule has 86 valence electrons. The van der Waals surface area contributed by atoms with Gasteiger partial charge in [0, 0.05) is 12.1 Å². The van der Waals surface area contributed by atoms with Crippen molar-refractivity contribution in [3.8, 4) is 0 Å². The van der Waals surface area contributed by atoms with Crippen LogP contribution in [0.15, 0.2) is 11.9 Å². The molecular weight excluding hydrogens is 193 g/mol. The van der Waals surface area contributed by atoms with Crippen LogP contribution in [-0.4, -0.2) is 36.2 Å². The van der Waals surface area contributed by atoms with Gasteiger partial charge in [-0.25, -0.2) is 4.39 Å². The van der Waals surface area contributed by atoms with E-state index in [4.69, 9.17) is 4.74 Å². The Hall–Kier alpha value is -0.410. The molecule has 0 bridgehead atoms. The first kappa shape index (κ1) is 11.1. The molecule has 15 heavy (non-hydrogen) atoms. The maximum absolute atomic E-state index is 12.5. The summed E-state index contributed by atoms with van der Waals surface area (Å²) in [5, 5.41) is 0. The Labute approximate surface area is 91.1 Å². The second kappa shape index (κ2) is 4.22. The molecule has 3 heteroatoms. The molecule has 0 aromatic rings. The predicted octanol–water partition coefficient (Wildman–Crippen LogP) is 2.50. The van der Waals surface area contributed by atoms with Crippen LogP contribution in [0.5, 0.6) is 0 Å². The molecule has 2 aliphatic heterocycles. The first-order valence-corrected chi connectivity index (χ1v) is 5.81. The van der Waals surface area contributed by atoms with Crippen LogP contribution in [0.3, 0.4) is 0 Å². The van der Waals surface area contributed by atoms with Crippen molar-refractivity contribution in [1.82, 2.24) is 4.90 Å². The molecule has 0 amide bonds. The van der Waals surface area contributed by atoms with Gasteiger partial charge in [0.05, 0.1) is 19.0 Å². The van der Waals surface area contributed by atoms with Crippen LogP contribution in [0.25, 0.3) is 0 Å². The summed E-state index contributed by atoms with van der Waals surface area (Å²) in [6.07, 6.45) is 4.28. The Bertz CT molecular complexity index is 264. The summed E-state index contributed by atoms with van der Waals surface area (Å²) in [4.78, 5) is 2.39. The van der Waals surface area contributed by atoms with Crippen LogP contribution in [0.4, 0.5) is 4.39 Å². The van der Waals surface area contributed by atoms with Crippen molar-refractivity contribution in [3.63, 3.8) is 0 Å². The van der Waals surface area contributed by atoms with E-state index in [-0.39, 0.29) is 11.6 Å². The largest absolute Gasteiger partial charge is 0.377 e. The fourth-order valence-electron chi connectivity index (χ4n) is 2.77. The summed E-state index contributed by atoms with van der Waals surface area (Å²) in [7, 11) is 0. The molecule has 1 unspecified atom stereocenters. The highest BCUT2D eigenvalue weighted by atomic mass is 19.1. The highest BCUT2D eigenvalue weighted by molar-refractivity contribution is 5.19. The molecule has 0 N–H and O–H groups in total. The van der Waals surface area contributed by atoms with Gasteiger partial charge in [0.15, 0.2) is 0 Å². The van der Waals surface area contributed by atoms with E-state index in [0.717, 1.165) is 44.4 Å². The summed E-state index contributed by atoms with van der Waals surface area (Å²) >= 11 is 0. The van der Waals surface area contributed by atoms with Crippen molar-refractivity contribution in [2.45, 2.75) is 44.8 Å². The third-order valence-electron chi connectivity index (χ3n) is 3.53. The smallest absolute Gasteiger partial charge is 0.0872 e. The molecule has 0 spiro atoms. The molecule has 2 heterocycles. The van der Waals surface area contributed by atoms with Crippen LogP contribution < -0.4 is 0 Å². The molecule has 0 aromatic heterocycles. The van der Waals surface area contributed by atoms with E-state index in [1.165, 1.54) is 6.42 Å². The zero-order chi connectivity index (χ0) is 10.9. The lowest BCUT2D eigenvalue weighted by atomic mass is 9.94. The minimum atomic E-state index is 0.113. The second-order valence-corrected chi connectivity index (χ2v) is 5.05. The third-order valence-corrected chi connectivity index (χ3v) is 3.53. The van der Waals surface area contributed by atoms with Gasteiger partial charge < -0.3 is 4.74 Å². The molecule has 1 atom stereocenters. The lowest BCUT2D eigenvalue weighted by Crippen LogP contribution is -2.43. The molecule has 0 aromatic carbocycles. The maximum Gasteiger partial charge on any atom is 0.0872 e. The first-order chi connectivity index (χ1) is 7.16. The van der Waals surface area contributed by atoms with Gasteiger partial charge in [-0.1, -0.05) is 0 Å². The molecule has 2 aliphatic rings. The number of rotatable bonds is 3. The predicted molar refractivity (Wildman–Crippen MR) is 58.4 cm³/mol. The van der Waals surface area contributed by atoms with E-state index >= 15 is 0 Å². The highest BCUT2D eigenvalue weighted by Gasteiger charge is 2.46. The van der Waals surface area contributed by atoms with Gasteiger partial charge in [-0.2, -0.15) is 0 Å². The number of hydrogen-bond donors (Lipinski definition) is 0. The average Bonchev–Trinajstić information content (AvgIpc) is 2.70. The Morgan fingerprint density at radius 2 is 2.40 bits per heavy atom. The fraction of sp³-hybridized carbons (Fsp3) is 0.833. The van der Waals surface area contributed by atoms with Crippen molar-refractivity contribution < 1.29 is 9.13 Å². The van der Waals surface area contributed by atoms with E-state index in [9.17, 15) is 4.39 Å². The molecular formula is C12H20FNO. The Balaban J connectivity index is 2.04. The second-order valence-electron chi connectivity index (χ2n) is 5.05. The fourth-order valence-corrected chi connectivity index (χ4v) is 2.77. The van der Waals surface area contributed by atoms with Gasteiger partial charge in [-0.15, -0.1) is 0 Å². The van der Waals surface area contributed by atoms with Crippen molar-refractivity contribution in [2.75, 3.05) is 19.7 Å². The van der Waals surface area contributed by atoms with E-state index in [1.807, 2.05) is 0 Å². The van der Waals surface area contributed by atoms with Gasteiger partial charge in [0.1, 0.15) is 0 Å². The standard InChI is InChI=1S/C12H20FNO/c1-10(2)15-9-12-4-3-5-14(12)8-11(6-12)7-13/h7,10H,3-6,8-9H2,1-2H3/b11-7-. The molecule has 0 saturated carbocycles. The minimum Gasteiger partial charge on any atom is -0.377 e. The quantitative estimate of drug-likeness (QED) is 0.714. The van der Waals surface area contributed by atoms with Crippen LogP contribution in [0, 0.1) is 0 Å². The maximum atomic E-state index is 12.5. The normalized spacial score (nSPS) is 34.3. The third kappa shape index (κ3) is 2.08. The number of fused-ring (bicyclic) bond motifs is 1. The van der Waals surface area contributed by atoms with Crippen molar-refractivity contribution in [2.24, 2.45) is 0 Å². The van der Waals surface area contributed by atoms with Crippen molar-refractivity contribution in [3.05, 3.63) is 11.9 Å². The topological polar surface area (TPSA) is 12.5 Å².